The van der Waals surface area contributed by atoms with Gasteiger partial charge in [-0.05, 0) is 48.8 Å². The normalized spacial score (nSPS) is 15.1. The first-order chi connectivity index (χ1) is 18.2. The summed E-state index contributed by atoms with van der Waals surface area (Å²) in [5.41, 5.74) is 8.95. The molecular formula is C27H28B4FN3O3. The zero-order valence-corrected chi connectivity index (χ0v) is 22.2. The molecule has 188 valence electrons. The molecule has 0 unspecified atom stereocenters. The van der Waals surface area contributed by atoms with E-state index in [1.165, 1.54) is 12.2 Å². The molecule has 38 heavy (non-hydrogen) atoms. The Bertz CT molecular complexity index is 1640. The zero-order valence-electron chi connectivity index (χ0n) is 22.2. The summed E-state index contributed by atoms with van der Waals surface area (Å²) in [6.45, 7) is 4.84. The highest BCUT2D eigenvalue weighted by Crippen LogP contribution is 2.42. The van der Waals surface area contributed by atoms with Gasteiger partial charge in [0, 0.05) is 52.9 Å². The van der Waals surface area contributed by atoms with Crippen molar-refractivity contribution in [3.63, 3.8) is 0 Å². The van der Waals surface area contributed by atoms with E-state index >= 15 is 0 Å². The first-order valence-electron chi connectivity index (χ1n) is 12.8. The molecule has 5 rings (SSSR count). The van der Waals surface area contributed by atoms with E-state index < -0.39 is 11.8 Å². The number of carboxylic acids is 1. The molecule has 0 spiro atoms. The summed E-state index contributed by atoms with van der Waals surface area (Å²) < 4.78 is 21.8. The molecule has 0 saturated carbocycles. The van der Waals surface area contributed by atoms with Gasteiger partial charge in [-0.25, -0.2) is 9.18 Å². The Balaban J connectivity index is 1.94. The Morgan fingerprint density at radius 3 is 2.45 bits per heavy atom. The van der Waals surface area contributed by atoms with Gasteiger partial charge in [-0.3, -0.25) is 5.10 Å². The highest BCUT2D eigenvalue weighted by molar-refractivity contribution is 6.62. The van der Waals surface area contributed by atoms with Gasteiger partial charge in [0.25, 0.3) is 0 Å². The molecule has 0 atom stereocenters. The number of H-pyrrole nitrogens is 1. The maximum atomic E-state index is 13.9. The first-order valence-corrected chi connectivity index (χ1v) is 12.8. The number of carbonyl (C=O) groups is 1. The second-order valence-corrected chi connectivity index (χ2v) is 10.00. The largest absolute Gasteiger partial charge is 0.478 e. The Labute approximate surface area is 224 Å². The predicted molar refractivity (Wildman–Crippen MR) is 164 cm³/mol. The summed E-state index contributed by atoms with van der Waals surface area (Å²) in [4.78, 5) is 12.2. The third-order valence-corrected chi connectivity index (χ3v) is 7.98. The Morgan fingerprint density at radius 1 is 1.13 bits per heavy atom. The fraction of sp³-hybridized carbons (Fsp3) is 0.185. The molecule has 1 fully saturated rings. The van der Waals surface area contributed by atoms with Crippen molar-refractivity contribution in [3.8, 4) is 11.1 Å². The number of aromatic nitrogens is 3. The number of aromatic carboxylic acids is 1. The topological polar surface area (TPSA) is 80.1 Å². The van der Waals surface area contributed by atoms with Gasteiger partial charge in [0.2, 0.25) is 0 Å². The fourth-order valence-corrected chi connectivity index (χ4v) is 5.86. The third kappa shape index (κ3) is 4.25. The SMILES string of the molecule is Bc1c(B)c(-c2c(C3CCOCC3)n(/C=C/C=C(/F)C=C)c3cc4cn[nH]c4cc23)c(B)c(B)c1C(=O)O. The molecule has 2 N–H and O–H groups in total. The van der Waals surface area contributed by atoms with Crippen LogP contribution in [0.15, 0.2) is 49.0 Å². The molecule has 0 amide bonds. The van der Waals surface area contributed by atoms with E-state index in [1.54, 1.807) is 12.3 Å². The van der Waals surface area contributed by atoms with Gasteiger partial charge in [0.15, 0.2) is 0 Å². The summed E-state index contributed by atoms with van der Waals surface area (Å²) in [6.07, 6.45) is 9.70. The number of allylic oxidation sites excluding steroid dienone is 4. The predicted octanol–water partition coefficient (Wildman–Crippen LogP) is -0.679. The highest BCUT2D eigenvalue weighted by Gasteiger charge is 2.30. The molecule has 3 heterocycles. The number of ether oxygens (including phenoxy) is 1. The number of benzene rings is 2. The lowest BCUT2D eigenvalue weighted by Crippen LogP contribution is -2.47. The minimum absolute atomic E-state index is 0.207. The van der Waals surface area contributed by atoms with Gasteiger partial charge in [-0.1, -0.05) is 28.4 Å². The molecule has 1 saturated heterocycles. The third-order valence-electron chi connectivity index (χ3n) is 7.98. The molecule has 11 heteroatoms. The second kappa shape index (κ2) is 10.2. The summed E-state index contributed by atoms with van der Waals surface area (Å²) in [6, 6.07) is 4.23. The van der Waals surface area contributed by atoms with Gasteiger partial charge in [0.05, 0.1) is 17.2 Å². The standard InChI is InChI=1S/C27H28B4FN3O3/c1-2-15(32)4-3-7-35-18-10-14-12-33-34-17(14)11-16(18)19(26(35)13-5-8-38-9-6-13)20-22(28)24(30)21(27(36)37)25(31)23(20)29/h2-4,7,10-13H,1,5-6,8-9,28-31H2,(H,33,34)(H,36,37)/b7-3+,15-4+. The van der Waals surface area contributed by atoms with Crippen molar-refractivity contribution < 1.29 is 19.0 Å². The van der Waals surface area contributed by atoms with E-state index in [2.05, 4.69) is 33.5 Å². The maximum absolute atomic E-state index is 13.9. The van der Waals surface area contributed by atoms with Gasteiger partial charge in [0.1, 0.15) is 37.2 Å². The van der Waals surface area contributed by atoms with Crippen LogP contribution in [0.5, 0.6) is 0 Å². The van der Waals surface area contributed by atoms with Crippen LogP contribution in [0.3, 0.4) is 0 Å². The van der Waals surface area contributed by atoms with Crippen molar-refractivity contribution in [2.24, 2.45) is 0 Å². The molecule has 2 aromatic heterocycles. The number of rotatable bonds is 6. The van der Waals surface area contributed by atoms with E-state index in [4.69, 9.17) is 4.74 Å². The zero-order chi connectivity index (χ0) is 27.1. The Kier molecular flexibility index (Phi) is 6.97. The van der Waals surface area contributed by atoms with E-state index in [0.717, 1.165) is 73.3 Å². The lowest BCUT2D eigenvalue weighted by atomic mass is 9.63. The van der Waals surface area contributed by atoms with Gasteiger partial charge in [-0.2, -0.15) is 5.10 Å². The van der Waals surface area contributed by atoms with Crippen LogP contribution in [-0.2, 0) is 4.74 Å². The average molecular weight is 505 g/mol. The second-order valence-electron chi connectivity index (χ2n) is 10.00. The van der Waals surface area contributed by atoms with E-state index in [1.807, 2.05) is 37.6 Å². The molecule has 4 aromatic rings. The lowest BCUT2D eigenvalue weighted by molar-refractivity contribution is 0.0700. The van der Waals surface area contributed by atoms with Crippen molar-refractivity contribution in [3.05, 3.63) is 60.2 Å². The quantitative estimate of drug-likeness (QED) is 0.269. The minimum atomic E-state index is -0.914. The number of hydrogen-bond acceptors (Lipinski definition) is 3. The highest BCUT2D eigenvalue weighted by atomic mass is 19.1. The van der Waals surface area contributed by atoms with Crippen molar-refractivity contribution >= 4 is 87.2 Å². The number of carboxylic acid groups (broad SMARTS) is 1. The van der Waals surface area contributed by atoms with E-state index in [9.17, 15) is 14.3 Å². The first kappa shape index (κ1) is 25.9. The van der Waals surface area contributed by atoms with Crippen LogP contribution in [0, 0.1) is 0 Å². The molecule has 0 radical (unpaired) electrons. The molecule has 6 nitrogen and oxygen atoms in total. The van der Waals surface area contributed by atoms with Gasteiger partial charge >= 0.3 is 5.97 Å². The number of aromatic amines is 1. The Morgan fingerprint density at radius 2 is 1.82 bits per heavy atom. The summed E-state index contributed by atoms with van der Waals surface area (Å²) in [5.74, 6) is -1.12. The fourth-order valence-electron chi connectivity index (χ4n) is 5.86. The number of fused-ring (bicyclic) bond motifs is 2. The maximum Gasteiger partial charge on any atom is 0.334 e. The number of hydrogen-bond donors (Lipinski definition) is 2. The van der Waals surface area contributed by atoms with Crippen molar-refractivity contribution in [2.45, 2.75) is 18.8 Å². The van der Waals surface area contributed by atoms with Crippen molar-refractivity contribution in [1.82, 2.24) is 14.8 Å². The van der Waals surface area contributed by atoms with Crippen LogP contribution in [0.2, 0.25) is 0 Å². The van der Waals surface area contributed by atoms with Crippen LogP contribution in [-0.4, -0.2) is 70.4 Å². The van der Waals surface area contributed by atoms with Crippen LogP contribution >= 0.6 is 0 Å². The Hall–Kier alpha value is -3.71. The molecule has 1 aliphatic heterocycles. The minimum Gasteiger partial charge on any atom is -0.478 e. The average Bonchev–Trinajstić information content (AvgIpc) is 3.49. The van der Waals surface area contributed by atoms with Crippen molar-refractivity contribution in [1.29, 1.82) is 0 Å². The smallest absolute Gasteiger partial charge is 0.334 e. The van der Waals surface area contributed by atoms with E-state index in [0.29, 0.717) is 18.8 Å². The number of nitrogens with one attached hydrogen (secondary N) is 1. The summed E-state index contributed by atoms with van der Waals surface area (Å²) >= 11 is 0. The van der Waals surface area contributed by atoms with Crippen LogP contribution < -0.4 is 21.9 Å². The molecule has 1 aliphatic rings. The van der Waals surface area contributed by atoms with Gasteiger partial charge < -0.3 is 14.4 Å². The lowest BCUT2D eigenvalue weighted by Gasteiger charge is -2.27. The van der Waals surface area contributed by atoms with Gasteiger partial charge in [-0.15, -0.1) is 0 Å². The van der Waals surface area contributed by atoms with Crippen molar-refractivity contribution in [2.75, 3.05) is 13.2 Å². The molecule has 2 aromatic carbocycles. The number of halogens is 1. The number of nitrogens with zero attached hydrogens (tertiary/aromatic N) is 2. The van der Waals surface area contributed by atoms with Crippen LogP contribution in [0.25, 0.3) is 39.1 Å². The van der Waals surface area contributed by atoms with E-state index in [-0.39, 0.29) is 5.92 Å². The summed E-state index contributed by atoms with van der Waals surface area (Å²) in [5, 5.41) is 19.3. The van der Waals surface area contributed by atoms with Crippen LogP contribution in [0.1, 0.15) is 34.8 Å². The van der Waals surface area contributed by atoms with Crippen LogP contribution in [0.4, 0.5) is 4.39 Å². The summed E-state index contributed by atoms with van der Waals surface area (Å²) in [7, 11) is 7.79. The monoisotopic (exact) mass is 505 g/mol. The molecule has 0 aliphatic carbocycles. The molecule has 0 bridgehead atoms. The molecular weight excluding hydrogens is 477 g/mol.